The first-order valence-electron chi connectivity index (χ1n) is 12.7. The fraction of sp³-hybridized carbons (Fsp3) is 0.407. The summed E-state index contributed by atoms with van der Waals surface area (Å²) in [7, 11) is 0. The van der Waals surface area contributed by atoms with Gasteiger partial charge in [-0.2, -0.15) is 0 Å². The highest BCUT2D eigenvalue weighted by Crippen LogP contribution is 2.16. The molecule has 0 saturated carbocycles. The number of nitrogens with two attached hydrogens (primary N) is 1. The van der Waals surface area contributed by atoms with Crippen molar-refractivity contribution in [2.45, 2.75) is 51.3 Å². The fourth-order valence-corrected chi connectivity index (χ4v) is 4.08. The minimum absolute atomic E-state index is 0.167. The van der Waals surface area contributed by atoms with Gasteiger partial charge in [-0.3, -0.25) is 19.8 Å². The lowest BCUT2D eigenvalue weighted by Gasteiger charge is -2.38. The normalized spacial score (nSPS) is 16.8. The van der Waals surface area contributed by atoms with Crippen molar-refractivity contribution >= 4 is 29.4 Å². The summed E-state index contributed by atoms with van der Waals surface area (Å²) < 4.78 is 5.64. The number of nitrogens with zero attached hydrogens (tertiary/aromatic N) is 1. The Kier molecular flexibility index (Phi) is 10.5. The van der Waals surface area contributed by atoms with Gasteiger partial charge in [0.25, 0.3) is 5.91 Å². The summed E-state index contributed by atoms with van der Waals surface area (Å²) in [6.45, 7) is 2.90. The smallest absolute Gasteiger partial charge is 0.251 e. The number of aliphatic hydroxyl groups excluding tert-OH is 1. The minimum atomic E-state index is -1.10. The third-order valence-electron chi connectivity index (χ3n) is 6.12. The summed E-state index contributed by atoms with van der Waals surface area (Å²) in [5.74, 6) is -0.680. The first-order valence-corrected chi connectivity index (χ1v) is 12.7. The Morgan fingerprint density at radius 3 is 2.63 bits per heavy atom. The molecule has 0 aromatic heterocycles. The average molecular weight is 525 g/mol. The third-order valence-corrected chi connectivity index (χ3v) is 6.12. The molecule has 204 valence electrons. The van der Waals surface area contributed by atoms with Crippen molar-refractivity contribution in [2.24, 2.45) is 5.73 Å². The molecule has 11 heteroatoms. The number of benzene rings is 2. The maximum atomic E-state index is 12.6. The van der Waals surface area contributed by atoms with Crippen LogP contribution in [0.15, 0.2) is 48.5 Å². The number of nitrogens with one attached hydrogen (secondary N) is 4. The Balaban J connectivity index is 1.46. The molecule has 1 aliphatic heterocycles. The van der Waals surface area contributed by atoms with E-state index in [-0.39, 0.29) is 30.4 Å². The molecular formula is C27H36N6O5. The summed E-state index contributed by atoms with van der Waals surface area (Å²) in [6, 6.07) is 13.2. The second-order valence-electron chi connectivity index (χ2n) is 9.14. The highest BCUT2D eigenvalue weighted by Gasteiger charge is 2.31. The summed E-state index contributed by atoms with van der Waals surface area (Å²) in [5.41, 5.74) is 7.04. The van der Waals surface area contributed by atoms with Gasteiger partial charge in [-0.05, 0) is 55.2 Å². The van der Waals surface area contributed by atoms with Crippen molar-refractivity contribution in [3.05, 3.63) is 59.7 Å². The summed E-state index contributed by atoms with van der Waals surface area (Å²) >= 11 is 0. The zero-order valence-electron chi connectivity index (χ0n) is 21.5. The molecule has 1 aliphatic rings. The van der Waals surface area contributed by atoms with Crippen LogP contribution >= 0.6 is 0 Å². The van der Waals surface area contributed by atoms with Gasteiger partial charge in [0.1, 0.15) is 12.0 Å². The van der Waals surface area contributed by atoms with E-state index in [9.17, 15) is 19.5 Å². The van der Waals surface area contributed by atoms with Gasteiger partial charge in [0, 0.05) is 17.8 Å². The number of rotatable bonds is 11. The number of piperidine rings is 1. The molecule has 0 aliphatic carbocycles. The maximum absolute atomic E-state index is 12.6. The molecule has 2 atom stereocenters. The van der Waals surface area contributed by atoms with Gasteiger partial charge in [-0.15, -0.1) is 0 Å². The van der Waals surface area contributed by atoms with Gasteiger partial charge in [0.15, 0.2) is 5.96 Å². The molecule has 3 amide bonds. The molecule has 1 saturated heterocycles. The van der Waals surface area contributed by atoms with Crippen molar-refractivity contribution in [1.29, 1.82) is 5.41 Å². The van der Waals surface area contributed by atoms with E-state index in [2.05, 4.69) is 22.9 Å². The Labute approximate surface area is 222 Å². The number of amides is 3. The van der Waals surface area contributed by atoms with Gasteiger partial charge in [-0.25, -0.2) is 0 Å². The number of carbonyl (C=O) groups is 3. The van der Waals surface area contributed by atoms with Gasteiger partial charge in [0.05, 0.1) is 25.6 Å². The standard InChI is InChI=1S/C27H36N6O5/c1-2-3-14-38-21-11-9-18(10-12-21)15-23(34)31-20-7-4-6-19(16-20)25(36)30-17-24(35)32-22-8-5-13-33(26(22)37)27(28)29/h4,6-7,9-12,16,22,26,37H,2-3,5,8,13-15,17H2,1H3,(H3,28,29)(H,30,36)(H,31,34)(H,32,35)/t22-,26?/m0/s1. The zero-order chi connectivity index (χ0) is 27.5. The van der Waals surface area contributed by atoms with Crippen LogP contribution in [0.1, 0.15) is 48.5 Å². The predicted molar refractivity (Wildman–Crippen MR) is 144 cm³/mol. The van der Waals surface area contributed by atoms with E-state index < -0.39 is 24.1 Å². The molecule has 11 nitrogen and oxygen atoms in total. The Hall–Kier alpha value is -4.12. The number of anilines is 1. The van der Waals surface area contributed by atoms with Gasteiger partial charge in [-0.1, -0.05) is 31.5 Å². The third kappa shape index (κ3) is 8.48. The van der Waals surface area contributed by atoms with Crippen molar-refractivity contribution < 1.29 is 24.2 Å². The Bertz CT molecular complexity index is 1120. The van der Waals surface area contributed by atoms with Crippen LogP contribution in [0, 0.1) is 5.41 Å². The fourth-order valence-electron chi connectivity index (χ4n) is 4.08. The number of unbranched alkanes of at least 4 members (excludes halogenated alkanes) is 1. The SMILES string of the molecule is CCCCOc1ccc(CC(=O)Nc2cccc(C(=O)NCC(=O)N[C@H]3CCCN(C(=N)N)C3O)c2)cc1. The number of likely N-dealkylation sites (tertiary alicyclic amines) is 1. The second-order valence-corrected chi connectivity index (χ2v) is 9.14. The first-order chi connectivity index (χ1) is 18.3. The van der Waals surface area contributed by atoms with E-state index in [4.69, 9.17) is 15.9 Å². The number of guanidine groups is 1. The van der Waals surface area contributed by atoms with Crippen molar-refractivity contribution in [3.8, 4) is 5.75 Å². The first kappa shape index (κ1) is 28.5. The molecule has 2 aromatic carbocycles. The minimum Gasteiger partial charge on any atom is -0.494 e. The predicted octanol–water partition coefficient (Wildman–Crippen LogP) is 1.57. The molecule has 1 heterocycles. The monoisotopic (exact) mass is 524 g/mol. The van der Waals surface area contributed by atoms with Crippen LogP contribution in [0.3, 0.4) is 0 Å². The van der Waals surface area contributed by atoms with E-state index in [1.54, 1.807) is 18.2 Å². The Morgan fingerprint density at radius 1 is 1.16 bits per heavy atom. The molecule has 1 fully saturated rings. The van der Waals surface area contributed by atoms with E-state index in [1.165, 1.54) is 11.0 Å². The number of carbonyl (C=O) groups excluding carboxylic acids is 3. The number of ether oxygens (including phenoxy) is 1. The van der Waals surface area contributed by atoms with Crippen LogP contribution in [-0.4, -0.2) is 65.7 Å². The van der Waals surface area contributed by atoms with Crippen LogP contribution < -0.4 is 26.4 Å². The molecule has 0 spiro atoms. The lowest BCUT2D eigenvalue weighted by atomic mass is 10.0. The van der Waals surface area contributed by atoms with E-state index >= 15 is 0 Å². The van der Waals surface area contributed by atoms with Crippen molar-refractivity contribution in [2.75, 3.05) is 25.0 Å². The summed E-state index contributed by atoms with van der Waals surface area (Å²) in [4.78, 5) is 38.7. The van der Waals surface area contributed by atoms with Crippen molar-refractivity contribution in [1.82, 2.24) is 15.5 Å². The largest absolute Gasteiger partial charge is 0.494 e. The lowest BCUT2D eigenvalue weighted by molar-refractivity contribution is -0.123. The molecule has 7 N–H and O–H groups in total. The van der Waals surface area contributed by atoms with E-state index in [0.717, 1.165) is 24.2 Å². The maximum Gasteiger partial charge on any atom is 0.251 e. The van der Waals surface area contributed by atoms with Crippen LogP contribution in [-0.2, 0) is 16.0 Å². The van der Waals surface area contributed by atoms with E-state index in [0.29, 0.717) is 31.7 Å². The Morgan fingerprint density at radius 2 is 1.92 bits per heavy atom. The molecule has 0 bridgehead atoms. The molecule has 0 radical (unpaired) electrons. The van der Waals surface area contributed by atoms with Crippen LogP contribution in [0.4, 0.5) is 5.69 Å². The highest BCUT2D eigenvalue weighted by atomic mass is 16.5. The van der Waals surface area contributed by atoms with Crippen LogP contribution in [0.2, 0.25) is 0 Å². The van der Waals surface area contributed by atoms with Gasteiger partial charge in [0.2, 0.25) is 11.8 Å². The second kappa shape index (κ2) is 14.0. The molecule has 38 heavy (non-hydrogen) atoms. The van der Waals surface area contributed by atoms with Crippen LogP contribution in [0.5, 0.6) is 5.75 Å². The van der Waals surface area contributed by atoms with Crippen LogP contribution in [0.25, 0.3) is 0 Å². The molecule has 2 aromatic rings. The number of hydrogen-bond acceptors (Lipinski definition) is 6. The topological polar surface area (TPSA) is 170 Å². The van der Waals surface area contributed by atoms with Gasteiger partial charge < -0.3 is 36.4 Å². The molecule has 3 rings (SSSR count). The lowest BCUT2D eigenvalue weighted by Crippen LogP contribution is -2.59. The quantitative estimate of drug-likeness (QED) is 0.147. The van der Waals surface area contributed by atoms with E-state index in [1.807, 2.05) is 24.3 Å². The summed E-state index contributed by atoms with van der Waals surface area (Å²) in [5, 5.41) is 25.8. The number of aliphatic hydroxyl groups is 1. The highest BCUT2D eigenvalue weighted by molar-refractivity contribution is 5.99. The van der Waals surface area contributed by atoms with Gasteiger partial charge >= 0.3 is 0 Å². The number of hydrogen-bond donors (Lipinski definition) is 6. The summed E-state index contributed by atoms with van der Waals surface area (Å²) in [6.07, 6.45) is 2.30. The van der Waals surface area contributed by atoms with Crippen molar-refractivity contribution in [3.63, 3.8) is 0 Å². The average Bonchev–Trinajstić information content (AvgIpc) is 2.89. The zero-order valence-corrected chi connectivity index (χ0v) is 21.5. The molecule has 1 unspecified atom stereocenters. The molecular weight excluding hydrogens is 488 g/mol.